The Morgan fingerprint density at radius 1 is 0.793 bits per heavy atom. The Kier molecular flexibility index (Phi) is 5.58. The van der Waals surface area contributed by atoms with Crippen molar-refractivity contribution in [2.24, 2.45) is 0 Å². The number of pyridine rings is 1. The number of carbonyl (C=O) groups is 1. The van der Waals surface area contributed by atoms with Gasteiger partial charge in [0.2, 0.25) is 0 Å². The van der Waals surface area contributed by atoms with E-state index in [1.54, 1.807) is 36.5 Å². The molecule has 0 spiro atoms. The molecule has 4 rings (SSSR count). The molecule has 144 valence electrons. The molecule has 0 bridgehead atoms. The molecule has 0 fully saturated rings. The summed E-state index contributed by atoms with van der Waals surface area (Å²) in [6, 6.07) is 19.5. The van der Waals surface area contributed by atoms with Gasteiger partial charge in [0, 0.05) is 32.9 Å². The molecule has 2 amide bonds. The number of nitrogens with zero attached hydrogens (tertiary/aromatic N) is 1. The van der Waals surface area contributed by atoms with E-state index in [1.807, 2.05) is 36.4 Å². The SMILES string of the molecule is O=C(Nc1ccc(Cl)c(-c2ccnc3ccccc23)c1)Nc1ccc(Cl)cc1Cl. The zero-order chi connectivity index (χ0) is 20.4. The number of nitrogens with one attached hydrogen (secondary N) is 2. The number of aromatic nitrogens is 1. The number of anilines is 2. The van der Waals surface area contributed by atoms with E-state index in [4.69, 9.17) is 34.8 Å². The van der Waals surface area contributed by atoms with Crippen LogP contribution >= 0.6 is 34.8 Å². The number of halogens is 3. The van der Waals surface area contributed by atoms with Crippen LogP contribution in [0.4, 0.5) is 16.2 Å². The highest BCUT2D eigenvalue weighted by atomic mass is 35.5. The van der Waals surface area contributed by atoms with Crippen molar-refractivity contribution in [3.05, 3.63) is 88.0 Å². The van der Waals surface area contributed by atoms with Gasteiger partial charge in [-0.3, -0.25) is 4.98 Å². The normalized spacial score (nSPS) is 10.7. The smallest absolute Gasteiger partial charge is 0.308 e. The van der Waals surface area contributed by atoms with Crippen LogP contribution in [0, 0.1) is 0 Å². The largest absolute Gasteiger partial charge is 0.323 e. The summed E-state index contributed by atoms with van der Waals surface area (Å²) in [4.78, 5) is 16.8. The van der Waals surface area contributed by atoms with Gasteiger partial charge in [0.15, 0.2) is 0 Å². The molecule has 0 saturated carbocycles. The first kappa shape index (κ1) is 19.5. The first-order valence-electron chi connectivity index (χ1n) is 8.68. The molecule has 7 heteroatoms. The van der Waals surface area contributed by atoms with E-state index < -0.39 is 6.03 Å². The van der Waals surface area contributed by atoms with Gasteiger partial charge in [-0.15, -0.1) is 0 Å². The van der Waals surface area contributed by atoms with Gasteiger partial charge in [0.25, 0.3) is 0 Å². The molecule has 3 aromatic carbocycles. The van der Waals surface area contributed by atoms with Gasteiger partial charge in [-0.25, -0.2) is 4.79 Å². The second-order valence-corrected chi connectivity index (χ2v) is 7.52. The maximum Gasteiger partial charge on any atom is 0.323 e. The topological polar surface area (TPSA) is 54.0 Å². The molecule has 0 radical (unpaired) electrons. The molecule has 4 aromatic rings. The van der Waals surface area contributed by atoms with Crippen LogP contribution in [0.2, 0.25) is 15.1 Å². The second-order valence-electron chi connectivity index (χ2n) is 6.27. The highest BCUT2D eigenvalue weighted by molar-refractivity contribution is 6.37. The van der Waals surface area contributed by atoms with E-state index in [9.17, 15) is 4.79 Å². The molecule has 0 atom stereocenters. The third-order valence-electron chi connectivity index (χ3n) is 4.34. The van der Waals surface area contributed by atoms with Gasteiger partial charge in [-0.2, -0.15) is 0 Å². The van der Waals surface area contributed by atoms with Crippen molar-refractivity contribution in [1.29, 1.82) is 0 Å². The summed E-state index contributed by atoms with van der Waals surface area (Å²) < 4.78 is 0. The average Bonchev–Trinajstić information content (AvgIpc) is 2.71. The van der Waals surface area contributed by atoms with Crippen LogP contribution in [0.25, 0.3) is 22.0 Å². The fourth-order valence-electron chi connectivity index (χ4n) is 3.02. The van der Waals surface area contributed by atoms with E-state index in [2.05, 4.69) is 15.6 Å². The molecule has 0 aliphatic rings. The van der Waals surface area contributed by atoms with E-state index in [0.717, 1.165) is 22.0 Å². The lowest BCUT2D eigenvalue weighted by molar-refractivity contribution is 0.262. The van der Waals surface area contributed by atoms with Crippen molar-refractivity contribution < 1.29 is 4.79 Å². The number of urea groups is 1. The van der Waals surface area contributed by atoms with Crippen LogP contribution in [0.3, 0.4) is 0 Å². The molecule has 0 unspecified atom stereocenters. The van der Waals surface area contributed by atoms with Gasteiger partial charge in [-0.05, 0) is 54.1 Å². The number of amides is 2. The predicted octanol–water partition coefficient (Wildman–Crippen LogP) is 7.51. The molecule has 0 saturated heterocycles. The Morgan fingerprint density at radius 2 is 1.62 bits per heavy atom. The lowest BCUT2D eigenvalue weighted by atomic mass is 10.0. The quantitative estimate of drug-likeness (QED) is 0.345. The highest BCUT2D eigenvalue weighted by Crippen LogP contribution is 2.34. The van der Waals surface area contributed by atoms with Crippen molar-refractivity contribution in [3.8, 4) is 11.1 Å². The Balaban J connectivity index is 1.62. The van der Waals surface area contributed by atoms with Crippen molar-refractivity contribution >= 4 is 63.1 Å². The summed E-state index contributed by atoms with van der Waals surface area (Å²) in [5.74, 6) is 0. The van der Waals surface area contributed by atoms with Crippen LogP contribution in [0.5, 0.6) is 0 Å². The van der Waals surface area contributed by atoms with Crippen molar-refractivity contribution in [2.45, 2.75) is 0 Å². The minimum absolute atomic E-state index is 0.354. The molecule has 1 heterocycles. The van der Waals surface area contributed by atoms with E-state index in [-0.39, 0.29) is 0 Å². The van der Waals surface area contributed by atoms with Gasteiger partial charge in [0.05, 0.1) is 16.2 Å². The molecule has 29 heavy (non-hydrogen) atoms. The minimum Gasteiger partial charge on any atom is -0.308 e. The van der Waals surface area contributed by atoms with E-state index in [1.165, 1.54) is 0 Å². The zero-order valence-electron chi connectivity index (χ0n) is 14.9. The molecule has 1 aromatic heterocycles. The molecule has 4 nitrogen and oxygen atoms in total. The number of hydrogen-bond donors (Lipinski definition) is 2. The summed E-state index contributed by atoms with van der Waals surface area (Å²) in [6.07, 6.45) is 1.74. The molecule has 0 aliphatic heterocycles. The Morgan fingerprint density at radius 3 is 2.45 bits per heavy atom. The van der Waals surface area contributed by atoms with Crippen LogP contribution in [0.15, 0.2) is 72.9 Å². The number of fused-ring (bicyclic) bond motifs is 1. The summed E-state index contributed by atoms with van der Waals surface area (Å²) >= 11 is 18.4. The zero-order valence-corrected chi connectivity index (χ0v) is 17.2. The average molecular weight is 443 g/mol. The standard InChI is InChI=1S/C22H14Cl3N3O/c23-13-5-8-21(19(25)11-13)28-22(29)27-14-6-7-18(24)17(12-14)15-9-10-26-20-4-2-1-3-16(15)20/h1-12H,(H2,27,28,29). The van der Waals surface area contributed by atoms with E-state index >= 15 is 0 Å². The van der Waals surface area contributed by atoms with Crippen molar-refractivity contribution in [3.63, 3.8) is 0 Å². The summed E-state index contributed by atoms with van der Waals surface area (Å²) in [6.45, 7) is 0. The second kappa shape index (κ2) is 8.29. The molecule has 2 N–H and O–H groups in total. The summed E-state index contributed by atoms with van der Waals surface area (Å²) in [7, 11) is 0. The first-order chi connectivity index (χ1) is 14.0. The van der Waals surface area contributed by atoms with Crippen LogP contribution in [-0.4, -0.2) is 11.0 Å². The summed E-state index contributed by atoms with van der Waals surface area (Å²) in [5.41, 5.74) is 3.66. The monoisotopic (exact) mass is 441 g/mol. The van der Waals surface area contributed by atoms with Gasteiger partial charge >= 0.3 is 6.03 Å². The van der Waals surface area contributed by atoms with Gasteiger partial charge < -0.3 is 10.6 Å². The van der Waals surface area contributed by atoms with Crippen molar-refractivity contribution in [1.82, 2.24) is 4.98 Å². The number of rotatable bonds is 3. The van der Waals surface area contributed by atoms with Crippen LogP contribution in [-0.2, 0) is 0 Å². The molecule has 0 aliphatic carbocycles. The minimum atomic E-state index is -0.429. The fourth-order valence-corrected chi connectivity index (χ4v) is 3.69. The van der Waals surface area contributed by atoms with Crippen molar-refractivity contribution in [2.75, 3.05) is 10.6 Å². The number of carbonyl (C=O) groups excluding carboxylic acids is 1. The molecular formula is C22H14Cl3N3O. The Labute approximate surface area is 182 Å². The lowest BCUT2D eigenvalue weighted by Gasteiger charge is -2.12. The van der Waals surface area contributed by atoms with Gasteiger partial charge in [-0.1, -0.05) is 53.0 Å². The third-order valence-corrected chi connectivity index (χ3v) is 5.22. The van der Waals surface area contributed by atoms with Crippen LogP contribution < -0.4 is 10.6 Å². The number of hydrogen-bond acceptors (Lipinski definition) is 2. The summed E-state index contributed by atoms with van der Waals surface area (Å²) in [5, 5.41) is 7.91. The highest BCUT2D eigenvalue weighted by Gasteiger charge is 2.11. The fraction of sp³-hybridized carbons (Fsp3) is 0. The number of benzene rings is 3. The maximum absolute atomic E-state index is 12.4. The first-order valence-corrected chi connectivity index (χ1v) is 9.81. The van der Waals surface area contributed by atoms with Gasteiger partial charge in [0.1, 0.15) is 0 Å². The third kappa shape index (κ3) is 4.30. The number of para-hydroxylation sites is 1. The maximum atomic E-state index is 12.4. The predicted molar refractivity (Wildman–Crippen MR) is 121 cm³/mol. The Bertz CT molecular complexity index is 1220. The van der Waals surface area contributed by atoms with Crippen LogP contribution in [0.1, 0.15) is 0 Å². The lowest BCUT2D eigenvalue weighted by Crippen LogP contribution is -2.19. The Hall–Kier alpha value is -2.79. The van der Waals surface area contributed by atoms with E-state index in [0.29, 0.717) is 26.4 Å². The molecular weight excluding hydrogens is 429 g/mol.